The Morgan fingerprint density at radius 2 is 1.88 bits per heavy atom. The fraction of sp³-hybridized carbons (Fsp3) is 0.409. The zero-order chi connectivity index (χ0) is 23.7. The number of hydrogen-bond acceptors (Lipinski definition) is 5. The lowest BCUT2D eigenvalue weighted by Gasteiger charge is -2.28. The molecule has 1 aromatic carbocycles. The van der Waals surface area contributed by atoms with E-state index >= 15 is 0 Å². The number of nitrogens with zero attached hydrogens (tertiary/aromatic N) is 1. The normalized spacial score (nSPS) is 18.2. The highest BCUT2D eigenvalue weighted by atomic mass is 19.4. The predicted octanol–water partition coefficient (Wildman–Crippen LogP) is 4.06. The van der Waals surface area contributed by atoms with Crippen LogP contribution in [0.5, 0.6) is 5.88 Å². The van der Waals surface area contributed by atoms with Crippen LogP contribution in [0.25, 0.3) is 0 Å². The molecule has 2 aromatic rings. The monoisotopic (exact) mass is 453 g/mol. The molecule has 0 radical (unpaired) electrons. The minimum Gasteiger partial charge on any atom is -0.475 e. The van der Waals surface area contributed by atoms with Crippen molar-refractivity contribution in [3.8, 4) is 5.88 Å². The van der Waals surface area contributed by atoms with E-state index in [1.807, 2.05) is 49.4 Å². The Hall–Kier alpha value is -3.14. The summed E-state index contributed by atoms with van der Waals surface area (Å²) in [5, 5.41) is 10.1. The van der Waals surface area contributed by atoms with Crippen LogP contribution in [0, 0.1) is 12.8 Å². The Balaban J connectivity index is 0.000000451. The molecule has 1 aliphatic carbocycles. The van der Waals surface area contributed by atoms with Gasteiger partial charge < -0.3 is 20.9 Å². The minimum absolute atomic E-state index is 0.0141. The molecule has 1 fully saturated rings. The third kappa shape index (κ3) is 8.18. The third-order valence-electron chi connectivity index (χ3n) is 4.79. The van der Waals surface area contributed by atoms with Gasteiger partial charge in [0.15, 0.2) is 0 Å². The molecule has 1 heterocycles. The molecule has 0 saturated heterocycles. The average molecular weight is 453 g/mol. The Bertz CT molecular complexity index is 907. The van der Waals surface area contributed by atoms with Gasteiger partial charge in [0, 0.05) is 29.9 Å². The summed E-state index contributed by atoms with van der Waals surface area (Å²) in [4.78, 5) is 25.9. The number of anilines is 1. The van der Waals surface area contributed by atoms with Crippen LogP contribution in [0.3, 0.4) is 0 Å². The molecule has 0 spiro atoms. The number of nitrogens with one attached hydrogen (secondary N) is 1. The molecule has 3 rings (SSSR count). The van der Waals surface area contributed by atoms with Gasteiger partial charge in [0.25, 0.3) is 0 Å². The molecule has 0 bridgehead atoms. The number of carbonyl (C=O) groups excluding carboxylic acids is 1. The zero-order valence-electron chi connectivity index (χ0n) is 17.6. The quantitative estimate of drug-likeness (QED) is 0.629. The molecule has 1 amide bonds. The predicted molar refractivity (Wildman–Crippen MR) is 112 cm³/mol. The molecule has 1 saturated carbocycles. The molecule has 4 N–H and O–H groups in total. The first-order valence-electron chi connectivity index (χ1n) is 10.1. The van der Waals surface area contributed by atoms with E-state index in [0.29, 0.717) is 18.8 Å². The van der Waals surface area contributed by atoms with Gasteiger partial charge in [0.2, 0.25) is 11.8 Å². The number of carbonyl (C=O) groups is 2. The summed E-state index contributed by atoms with van der Waals surface area (Å²) in [5.41, 5.74) is 8.46. The molecular formula is C22H26F3N3O4. The first-order chi connectivity index (χ1) is 15.1. The molecule has 174 valence electrons. The fourth-order valence-corrected chi connectivity index (χ4v) is 3.31. The highest BCUT2D eigenvalue weighted by Gasteiger charge is 2.38. The first-order valence-corrected chi connectivity index (χ1v) is 10.1. The summed E-state index contributed by atoms with van der Waals surface area (Å²) in [6.45, 7) is 2.40. The number of benzene rings is 1. The number of halogens is 3. The maximum Gasteiger partial charge on any atom is 0.490 e. The number of amides is 1. The topological polar surface area (TPSA) is 115 Å². The number of nitrogens with two attached hydrogens (primary N) is 1. The van der Waals surface area contributed by atoms with Crippen molar-refractivity contribution in [2.75, 3.05) is 5.32 Å². The van der Waals surface area contributed by atoms with E-state index in [-0.39, 0.29) is 17.9 Å². The fourth-order valence-electron chi connectivity index (χ4n) is 3.31. The summed E-state index contributed by atoms with van der Waals surface area (Å²) in [7, 11) is 0. The molecule has 1 aromatic heterocycles. The largest absolute Gasteiger partial charge is 0.490 e. The van der Waals surface area contributed by atoms with Crippen LogP contribution in [0.1, 0.15) is 36.9 Å². The van der Waals surface area contributed by atoms with Gasteiger partial charge in [-0.3, -0.25) is 4.79 Å². The van der Waals surface area contributed by atoms with Crippen LogP contribution < -0.4 is 15.8 Å². The van der Waals surface area contributed by atoms with Gasteiger partial charge in [-0.05, 0) is 56.4 Å². The summed E-state index contributed by atoms with van der Waals surface area (Å²) in [6, 6.07) is 13.4. The lowest BCUT2D eigenvalue weighted by molar-refractivity contribution is -0.192. The van der Waals surface area contributed by atoms with E-state index in [1.54, 1.807) is 0 Å². The van der Waals surface area contributed by atoms with E-state index in [0.717, 1.165) is 36.2 Å². The maximum atomic E-state index is 12.5. The smallest absolute Gasteiger partial charge is 0.475 e. The third-order valence-corrected chi connectivity index (χ3v) is 4.79. The van der Waals surface area contributed by atoms with E-state index in [9.17, 15) is 18.0 Å². The van der Waals surface area contributed by atoms with Gasteiger partial charge in [0.1, 0.15) is 6.10 Å². The maximum absolute atomic E-state index is 12.5. The lowest BCUT2D eigenvalue weighted by atomic mass is 9.86. The van der Waals surface area contributed by atoms with E-state index in [2.05, 4.69) is 10.3 Å². The van der Waals surface area contributed by atoms with Crippen molar-refractivity contribution in [1.29, 1.82) is 0 Å². The Morgan fingerprint density at radius 3 is 2.47 bits per heavy atom. The molecule has 1 unspecified atom stereocenters. The standard InChI is InChI=1S/C20H25N3O2.C2HF3O2/c1-14-10-15(13-21)11-19(22-14)25-18-9-5-6-16(12-18)20(24)23-17-7-3-2-4-8-17;3-2(4,5)1(6)7/h2-4,7-8,10-11,16,18H,5-6,9,12-13,21H2,1H3,(H,23,24);(H,6,7)/t16?,18-;/m0./s1. The van der Waals surface area contributed by atoms with Crippen molar-refractivity contribution in [2.24, 2.45) is 11.7 Å². The van der Waals surface area contributed by atoms with Crippen molar-refractivity contribution in [2.45, 2.75) is 51.4 Å². The molecule has 32 heavy (non-hydrogen) atoms. The number of aromatic nitrogens is 1. The van der Waals surface area contributed by atoms with Crippen molar-refractivity contribution in [3.63, 3.8) is 0 Å². The summed E-state index contributed by atoms with van der Waals surface area (Å²) in [5.74, 6) is -2.11. The van der Waals surface area contributed by atoms with Crippen molar-refractivity contribution >= 4 is 17.6 Å². The molecule has 1 aliphatic rings. The molecular weight excluding hydrogens is 427 g/mol. The number of hydrogen-bond donors (Lipinski definition) is 3. The van der Waals surface area contributed by atoms with Gasteiger partial charge in [-0.15, -0.1) is 0 Å². The highest BCUT2D eigenvalue weighted by molar-refractivity contribution is 5.92. The number of rotatable bonds is 5. The van der Waals surface area contributed by atoms with Crippen molar-refractivity contribution in [1.82, 2.24) is 4.98 Å². The number of para-hydroxylation sites is 1. The van der Waals surface area contributed by atoms with Gasteiger partial charge in [-0.25, -0.2) is 9.78 Å². The van der Waals surface area contributed by atoms with Crippen LogP contribution in [0.4, 0.5) is 18.9 Å². The minimum atomic E-state index is -5.08. The molecule has 2 atom stereocenters. The average Bonchev–Trinajstić information content (AvgIpc) is 2.74. The van der Waals surface area contributed by atoms with Crippen molar-refractivity contribution in [3.05, 3.63) is 53.7 Å². The Kier molecular flexibility index (Phi) is 9.01. The molecule has 0 aliphatic heterocycles. The second kappa shape index (κ2) is 11.5. The van der Waals surface area contributed by atoms with Crippen LogP contribution in [-0.2, 0) is 16.1 Å². The first kappa shape index (κ1) is 25.1. The number of ether oxygens (including phenoxy) is 1. The number of carboxylic acid groups (broad SMARTS) is 1. The van der Waals surface area contributed by atoms with Crippen LogP contribution in [0.2, 0.25) is 0 Å². The molecule has 7 nitrogen and oxygen atoms in total. The van der Waals surface area contributed by atoms with E-state index in [4.69, 9.17) is 20.4 Å². The van der Waals surface area contributed by atoms with Crippen LogP contribution in [-0.4, -0.2) is 34.2 Å². The zero-order valence-corrected chi connectivity index (χ0v) is 17.6. The van der Waals surface area contributed by atoms with E-state index in [1.165, 1.54) is 0 Å². The molecule has 10 heteroatoms. The van der Waals surface area contributed by atoms with Gasteiger partial charge in [-0.2, -0.15) is 13.2 Å². The second-order valence-electron chi connectivity index (χ2n) is 7.42. The van der Waals surface area contributed by atoms with Gasteiger partial charge in [-0.1, -0.05) is 18.2 Å². The Morgan fingerprint density at radius 1 is 1.22 bits per heavy atom. The number of carboxylic acids is 1. The number of aliphatic carboxylic acids is 1. The SMILES string of the molecule is Cc1cc(CN)cc(O[C@H]2CCCC(C(=O)Nc3ccccc3)C2)n1.O=C(O)C(F)(F)F. The highest BCUT2D eigenvalue weighted by Crippen LogP contribution is 2.28. The van der Waals surface area contributed by atoms with Gasteiger partial charge in [0.05, 0.1) is 0 Å². The van der Waals surface area contributed by atoms with Crippen molar-refractivity contribution < 1.29 is 32.6 Å². The van der Waals surface area contributed by atoms with E-state index < -0.39 is 12.1 Å². The number of pyridine rings is 1. The van der Waals surface area contributed by atoms with Crippen LogP contribution in [0.15, 0.2) is 42.5 Å². The second-order valence-corrected chi connectivity index (χ2v) is 7.42. The summed E-state index contributed by atoms with van der Waals surface area (Å²) >= 11 is 0. The Labute approximate surface area is 183 Å². The lowest BCUT2D eigenvalue weighted by Crippen LogP contribution is -2.33. The van der Waals surface area contributed by atoms with Crippen LogP contribution >= 0.6 is 0 Å². The summed E-state index contributed by atoms with van der Waals surface area (Å²) < 4.78 is 37.8. The summed E-state index contributed by atoms with van der Waals surface area (Å²) in [6.07, 6.45) is -1.53. The number of alkyl halides is 3. The number of aryl methyl sites for hydroxylation is 1. The van der Waals surface area contributed by atoms with Gasteiger partial charge >= 0.3 is 12.1 Å².